The van der Waals surface area contributed by atoms with Gasteiger partial charge in [0.25, 0.3) is 0 Å². The van der Waals surface area contributed by atoms with E-state index in [0.29, 0.717) is 17.3 Å². The highest BCUT2D eigenvalue weighted by Crippen LogP contribution is 2.30. The van der Waals surface area contributed by atoms with Crippen LogP contribution in [0, 0.1) is 0 Å². The summed E-state index contributed by atoms with van der Waals surface area (Å²) < 4.78 is 7.44. The van der Waals surface area contributed by atoms with Crippen LogP contribution in [0.4, 0.5) is 0 Å². The Morgan fingerprint density at radius 3 is 2.74 bits per heavy atom. The number of ether oxygens (including phenoxy) is 1. The molecule has 118 valence electrons. The molecule has 2 aromatic carbocycles. The number of benzene rings is 2. The Kier molecular flexibility index (Phi) is 4.65. The average Bonchev–Trinajstić information content (AvgIpc) is 3.03. The maximum Gasteiger partial charge on any atom is 0.130 e. The fraction of sp³-hybridized carbons (Fsp3) is 0.167. The second-order valence-corrected chi connectivity index (χ2v) is 5.70. The van der Waals surface area contributed by atoms with Crippen molar-refractivity contribution in [2.24, 2.45) is 5.73 Å². The summed E-state index contributed by atoms with van der Waals surface area (Å²) in [5, 5.41) is 0.623. The molecule has 0 aliphatic heterocycles. The van der Waals surface area contributed by atoms with E-state index in [1.807, 2.05) is 41.1 Å². The molecule has 1 unspecified atom stereocenters. The van der Waals surface area contributed by atoms with Crippen LogP contribution in [0.2, 0.25) is 5.02 Å². The zero-order valence-electron chi connectivity index (χ0n) is 12.8. The van der Waals surface area contributed by atoms with Crippen LogP contribution in [-0.4, -0.2) is 16.7 Å². The zero-order chi connectivity index (χ0) is 16.2. The summed E-state index contributed by atoms with van der Waals surface area (Å²) in [7, 11) is 1.62. The van der Waals surface area contributed by atoms with Crippen LogP contribution >= 0.6 is 11.6 Å². The highest BCUT2D eigenvalue weighted by molar-refractivity contribution is 6.30. The van der Waals surface area contributed by atoms with Gasteiger partial charge in [0.2, 0.25) is 0 Å². The quantitative estimate of drug-likeness (QED) is 0.778. The largest absolute Gasteiger partial charge is 0.496 e. The molecule has 1 heterocycles. The Bertz CT molecular complexity index is 786. The molecule has 3 rings (SSSR count). The van der Waals surface area contributed by atoms with Gasteiger partial charge in [0.1, 0.15) is 11.6 Å². The average molecular weight is 328 g/mol. The van der Waals surface area contributed by atoms with Crippen molar-refractivity contribution in [2.75, 3.05) is 7.11 Å². The highest BCUT2D eigenvalue weighted by Gasteiger charge is 2.19. The molecule has 5 heteroatoms. The van der Waals surface area contributed by atoms with Crippen molar-refractivity contribution < 1.29 is 4.74 Å². The molecule has 0 aliphatic rings. The minimum absolute atomic E-state index is 0.414. The molecule has 2 N–H and O–H groups in total. The van der Waals surface area contributed by atoms with Crippen LogP contribution in [-0.2, 0) is 6.54 Å². The second kappa shape index (κ2) is 6.86. The first-order valence-electron chi connectivity index (χ1n) is 7.33. The lowest BCUT2D eigenvalue weighted by Gasteiger charge is -2.17. The molecular weight excluding hydrogens is 310 g/mol. The van der Waals surface area contributed by atoms with Gasteiger partial charge >= 0.3 is 0 Å². The molecule has 3 aromatic rings. The molecule has 0 spiro atoms. The Balaban J connectivity index is 1.94. The van der Waals surface area contributed by atoms with Crippen molar-refractivity contribution in [3.8, 4) is 5.75 Å². The fourth-order valence-electron chi connectivity index (χ4n) is 2.60. The standard InChI is InChI=1S/C18H18ClN3O/c1-23-16-8-7-14(19)11-15(16)17(20)18-21-9-10-22(18)12-13-5-3-2-4-6-13/h2-11,17H,12,20H2,1H3. The Labute approximate surface area is 140 Å². The predicted molar refractivity (Wildman–Crippen MR) is 91.8 cm³/mol. The summed E-state index contributed by atoms with van der Waals surface area (Å²) in [4.78, 5) is 4.43. The third-order valence-electron chi connectivity index (χ3n) is 3.75. The van der Waals surface area contributed by atoms with E-state index in [0.717, 1.165) is 11.4 Å². The summed E-state index contributed by atoms with van der Waals surface area (Å²) >= 11 is 6.11. The number of hydrogen-bond donors (Lipinski definition) is 1. The Morgan fingerprint density at radius 1 is 1.22 bits per heavy atom. The summed E-state index contributed by atoms with van der Waals surface area (Å²) in [6.45, 7) is 0.715. The molecule has 4 nitrogen and oxygen atoms in total. The maximum atomic E-state index is 6.44. The fourth-order valence-corrected chi connectivity index (χ4v) is 2.78. The number of imidazole rings is 1. The maximum absolute atomic E-state index is 6.44. The third kappa shape index (κ3) is 3.38. The van der Waals surface area contributed by atoms with Gasteiger partial charge in [-0.25, -0.2) is 4.98 Å². The number of nitrogens with two attached hydrogens (primary N) is 1. The monoisotopic (exact) mass is 327 g/mol. The molecule has 0 amide bonds. The van der Waals surface area contributed by atoms with Crippen molar-refractivity contribution in [3.63, 3.8) is 0 Å². The van der Waals surface area contributed by atoms with Gasteiger partial charge in [-0.1, -0.05) is 41.9 Å². The minimum atomic E-state index is -0.414. The third-order valence-corrected chi connectivity index (χ3v) is 3.98. The van der Waals surface area contributed by atoms with Gasteiger partial charge in [0.15, 0.2) is 0 Å². The van der Waals surface area contributed by atoms with Gasteiger partial charge < -0.3 is 15.0 Å². The van der Waals surface area contributed by atoms with E-state index in [-0.39, 0.29) is 0 Å². The van der Waals surface area contributed by atoms with Crippen molar-refractivity contribution in [1.29, 1.82) is 0 Å². The normalized spacial score (nSPS) is 12.1. The number of halogens is 1. The number of methoxy groups -OCH3 is 1. The number of rotatable bonds is 5. The van der Waals surface area contributed by atoms with Crippen molar-refractivity contribution >= 4 is 11.6 Å². The van der Waals surface area contributed by atoms with Crippen LogP contribution < -0.4 is 10.5 Å². The number of hydrogen-bond acceptors (Lipinski definition) is 3. The first kappa shape index (κ1) is 15.6. The van der Waals surface area contributed by atoms with Gasteiger partial charge in [-0.2, -0.15) is 0 Å². The molecule has 23 heavy (non-hydrogen) atoms. The molecule has 1 aromatic heterocycles. The van der Waals surface area contributed by atoms with Crippen molar-refractivity contribution in [1.82, 2.24) is 9.55 Å². The first-order valence-corrected chi connectivity index (χ1v) is 7.71. The molecule has 0 saturated heterocycles. The molecule has 0 aliphatic carbocycles. The van der Waals surface area contributed by atoms with E-state index in [1.54, 1.807) is 19.4 Å². The van der Waals surface area contributed by atoms with E-state index in [2.05, 4.69) is 17.1 Å². The number of aromatic nitrogens is 2. The lowest BCUT2D eigenvalue weighted by molar-refractivity contribution is 0.407. The van der Waals surface area contributed by atoms with Crippen molar-refractivity contribution in [2.45, 2.75) is 12.6 Å². The van der Waals surface area contributed by atoms with Gasteiger partial charge in [0.05, 0.1) is 13.2 Å². The van der Waals surface area contributed by atoms with Gasteiger partial charge in [-0.15, -0.1) is 0 Å². The van der Waals surface area contributed by atoms with Crippen LogP contribution in [0.25, 0.3) is 0 Å². The summed E-state index contributed by atoms with van der Waals surface area (Å²) in [6, 6.07) is 15.2. The molecule has 0 bridgehead atoms. The smallest absolute Gasteiger partial charge is 0.130 e. The lowest BCUT2D eigenvalue weighted by atomic mass is 10.1. The summed E-state index contributed by atoms with van der Waals surface area (Å²) in [5.41, 5.74) is 8.45. The van der Waals surface area contributed by atoms with E-state index in [1.165, 1.54) is 5.56 Å². The Hall–Kier alpha value is -2.30. The first-order chi connectivity index (χ1) is 11.2. The topological polar surface area (TPSA) is 53.1 Å². The van der Waals surface area contributed by atoms with Crippen LogP contribution in [0.5, 0.6) is 5.75 Å². The molecule has 1 atom stereocenters. The number of nitrogens with zero attached hydrogens (tertiary/aromatic N) is 2. The lowest BCUT2D eigenvalue weighted by Crippen LogP contribution is -2.19. The van der Waals surface area contributed by atoms with Crippen LogP contribution in [0.15, 0.2) is 60.9 Å². The van der Waals surface area contributed by atoms with E-state index in [4.69, 9.17) is 22.1 Å². The predicted octanol–water partition coefficient (Wildman–Crippen LogP) is 3.64. The van der Waals surface area contributed by atoms with E-state index >= 15 is 0 Å². The highest BCUT2D eigenvalue weighted by atomic mass is 35.5. The van der Waals surface area contributed by atoms with E-state index in [9.17, 15) is 0 Å². The van der Waals surface area contributed by atoms with Gasteiger partial charge in [-0.05, 0) is 23.8 Å². The second-order valence-electron chi connectivity index (χ2n) is 5.26. The zero-order valence-corrected chi connectivity index (χ0v) is 13.6. The molecule has 0 fully saturated rings. The minimum Gasteiger partial charge on any atom is -0.496 e. The summed E-state index contributed by atoms with van der Waals surface area (Å²) in [6.07, 6.45) is 3.69. The van der Waals surface area contributed by atoms with Gasteiger partial charge in [0, 0.05) is 29.5 Å². The SMILES string of the molecule is COc1ccc(Cl)cc1C(N)c1nccn1Cc1ccccc1. The van der Waals surface area contributed by atoms with E-state index < -0.39 is 6.04 Å². The molecule has 0 saturated carbocycles. The molecule has 0 radical (unpaired) electrons. The Morgan fingerprint density at radius 2 is 2.00 bits per heavy atom. The van der Waals surface area contributed by atoms with Crippen LogP contribution in [0.1, 0.15) is 23.0 Å². The molecular formula is C18H18ClN3O. The van der Waals surface area contributed by atoms with Crippen molar-refractivity contribution in [3.05, 3.63) is 82.9 Å². The van der Waals surface area contributed by atoms with Gasteiger partial charge in [-0.3, -0.25) is 0 Å². The van der Waals surface area contributed by atoms with Crippen LogP contribution in [0.3, 0.4) is 0 Å². The summed E-state index contributed by atoms with van der Waals surface area (Å²) in [5.74, 6) is 1.48.